The number of anilines is 1. The first-order chi connectivity index (χ1) is 12.8. The number of halogens is 1. The minimum Gasteiger partial charge on any atom is -0.351 e. The van der Waals surface area contributed by atoms with Crippen molar-refractivity contribution in [2.45, 2.75) is 32.8 Å². The summed E-state index contributed by atoms with van der Waals surface area (Å²) in [5.74, 6) is -0.424. The summed E-state index contributed by atoms with van der Waals surface area (Å²) < 4.78 is 19.1. The first-order valence-corrected chi connectivity index (χ1v) is 8.62. The molecule has 140 valence electrons. The molecular weight excluding hydrogens is 345 g/mol. The van der Waals surface area contributed by atoms with E-state index < -0.39 is 17.8 Å². The molecule has 5 nitrogen and oxygen atoms in total. The van der Waals surface area contributed by atoms with Gasteiger partial charge in [-0.15, -0.1) is 0 Å². The molecule has 3 rings (SSSR count). The van der Waals surface area contributed by atoms with E-state index in [4.69, 9.17) is 4.74 Å². The zero-order chi connectivity index (χ0) is 19.4. The predicted molar refractivity (Wildman–Crippen MR) is 103 cm³/mol. The monoisotopic (exact) mass is 367 g/mol. The third kappa shape index (κ3) is 5.09. The van der Waals surface area contributed by atoms with Gasteiger partial charge in [-0.05, 0) is 39.0 Å². The first-order valence-electron chi connectivity index (χ1n) is 8.62. The molecule has 6 heteroatoms. The number of nitrogens with one attached hydrogen (secondary N) is 1. The van der Waals surface area contributed by atoms with Crippen LogP contribution >= 0.6 is 0 Å². The van der Waals surface area contributed by atoms with E-state index in [1.54, 1.807) is 18.3 Å². The molecule has 3 aromatic rings. The molecule has 1 aromatic carbocycles. The molecular formula is C21H22FN3O2. The van der Waals surface area contributed by atoms with Crippen molar-refractivity contribution in [2.24, 2.45) is 0 Å². The van der Waals surface area contributed by atoms with Gasteiger partial charge in [0.1, 0.15) is 5.82 Å². The number of benzene rings is 1. The number of hydrogen-bond donors (Lipinski definition) is 2. The lowest BCUT2D eigenvalue weighted by Crippen LogP contribution is -2.32. The Bertz CT molecular complexity index is 911. The zero-order valence-electron chi connectivity index (χ0n) is 15.5. The summed E-state index contributed by atoms with van der Waals surface area (Å²) in [6.45, 7) is 5.57. The van der Waals surface area contributed by atoms with Crippen LogP contribution in [0.2, 0.25) is 0 Å². The fourth-order valence-corrected chi connectivity index (χ4v) is 2.60. The van der Waals surface area contributed by atoms with Crippen LogP contribution in [0.1, 0.15) is 20.8 Å². The maximum Gasteiger partial charge on any atom is 0.235 e. The average Bonchev–Trinajstić information content (AvgIpc) is 2.61. The van der Waals surface area contributed by atoms with Crippen molar-refractivity contribution in [3.63, 3.8) is 0 Å². The quantitative estimate of drug-likeness (QED) is 0.652. The summed E-state index contributed by atoms with van der Waals surface area (Å²) in [4.78, 5) is 8.55. The highest BCUT2D eigenvalue weighted by Gasteiger charge is 2.18. The van der Waals surface area contributed by atoms with E-state index in [2.05, 4.69) is 15.3 Å². The lowest BCUT2D eigenvalue weighted by Gasteiger charge is -2.25. The Morgan fingerprint density at radius 3 is 2.44 bits per heavy atom. The third-order valence-corrected chi connectivity index (χ3v) is 3.69. The van der Waals surface area contributed by atoms with Crippen LogP contribution in [0.25, 0.3) is 22.5 Å². The van der Waals surface area contributed by atoms with Crippen LogP contribution in [0.15, 0.2) is 60.9 Å². The maximum atomic E-state index is 13.5. The zero-order valence-corrected chi connectivity index (χ0v) is 15.5. The first kappa shape index (κ1) is 18.9. The van der Waals surface area contributed by atoms with E-state index in [0.29, 0.717) is 22.6 Å². The Morgan fingerprint density at radius 2 is 1.78 bits per heavy atom. The molecule has 0 spiro atoms. The molecule has 0 aliphatic carbocycles. The normalized spacial score (nSPS) is 12.6. The number of pyridine rings is 2. The maximum absolute atomic E-state index is 13.5. The molecule has 0 amide bonds. The summed E-state index contributed by atoms with van der Waals surface area (Å²) in [7, 11) is 0. The van der Waals surface area contributed by atoms with Crippen LogP contribution in [0, 0.1) is 5.82 Å². The Kier molecular flexibility index (Phi) is 5.48. The molecule has 27 heavy (non-hydrogen) atoms. The number of rotatable bonds is 5. The second-order valence-electron chi connectivity index (χ2n) is 7.08. The lowest BCUT2D eigenvalue weighted by molar-refractivity contribution is -0.148. The lowest BCUT2D eigenvalue weighted by atomic mass is 10.1. The Balaban J connectivity index is 2.00. The molecule has 0 aliphatic heterocycles. The van der Waals surface area contributed by atoms with E-state index in [0.717, 1.165) is 11.8 Å². The van der Waals surface area contributed by atoms with Gasteiger partial charge in [0.2, 0.25) is 6.41 Å². The number of aliphatic hydroxyl groups excluding tert-OH is 1. The Morgan fingerprint density at radius 1 is 1.04 bits per heavy atom. The molecule has 1 unspecified atom stereocenters. The van der Waals surface area contributed by atoms with Crippen LogP contribution in [-0.4, -0.2) is 27.1 Å². The molecule has 0 saturated carbocycles. The molecule has 0 bridgehead atoms. The van der Waals surface area contributed by atoms with Crippen molar-refractivity contribution in [2.75, 3.05) is 5.32 Å². The molecule has 0 fully saturated rings. The average molecular weight is 367 g/mol. The van der Waals surface area contributed by atoms with Crippen LogP contribution in [0.5, 0.6) is 0 Å². The standard InChI is InChI=1S/C21H22FN3O2/c1-21(2,3)27-20(26)25-18-10-9-17(15-11-16(22)13-23-12-15)24-19(18)14-7-5-4-6-8-14/h4-13,20,25-26H,1-3H3. The molecule has 2 N–H and O–H groups in total. The SMILES string of the molecule is CC(C)(C)OC(O)Nc1ccc(-c2cncc(F)c2)nc1-c1ccccc1. The summed E-state index contributed by atoms with van der Waals surface area (Å²) in [5, 5.41) is 13.1. The van der Waals surface area contributed by atoms with Gasteiger partial charge in [-0.1, -0.05) is 30.3 Å². The van der Waals surface area contributed by atoms with E-state index in [9.17, 15) is 9.50 Å². The van der Waals surface area contributed by atoms with Crippen LogP contribution in [0.4, 0.5) is 10.1 Å². The fraction of sp³-hybridized carbons (Fsp3) is 0.238. The van der Waals surface area contributed by atoms with Crippen LogP contribution in [-0.2, 0) is 4.74 Å². The number of aromatic nitrogens is 2. The van der Waals surface area contributed by atoms with Gasteiger partial charge in [0.05, 0.1) is 28.9 Å². The highest BCUT2D eigenvalue weighted by Crippen LogP contribution is 2.30. The van der Waals surface area contributed by atoms with E-state index in [-0.39, 0.29) is 0 Å². The van der Waals surface area contributed by atoms with Gasteiger partial charge >= 0.3 is 0 Å². The third-order valence-electron chi connectivity index (χ3n) is 3.69. The van der Waals surface area contributed by atoms with Crippen LogP contribution in [0.3, 0.4) is 0 Å². The van der Waals surface area contributed by atoms with Gasteiger partial charge in [0.15, 0.2) is 0 Å². The summed E-state index contributed by atoms with van der Waals surface area (Å²) >= 11 is 0. The van der Waals surface area contributed by atoms with Gasteiger partial charge in [-0.2, -0.15) is 0 Å². The summed E-state index contributed by atoms with van der Waals surface area (Å²) in [6, 6.07) is 14.5. The summed E-state index contributed by atoms with van der Waals surface area (Å²) in [5.41, 5.74) is 2.72. The highest BCUT2D eigenvalue weighted by atomic mass is 19.1. The van der Waals surface area contributed by atoms with Gasteiger partial charge in [0, 0.05) is 17.3 Å². The number of ether oxygens (including phenoxy) is 1. The fourth-order valence-electron chi connectivity index (χ4n) is 2.60. The van der Waals surface area contributed by atoms with Crippen LogP contribution < -0.4 is 5.32 Å². The largest absolute Gasteiger partial charge is 0.351 e. The number of nitrogens with zero attached hydrogens (tertiary/aromatic N) is 2. The molecule has 0 saturated heterocycles. The second-order valence-corrected chi connectivity index (χ2v) is 7.08. The highest BCUT2D eigenvalue weighted by molar-refractivity contribution is 5.77. The molecule has 0 radical (unpaired) electrons. The van der Waals surface area contributed by atoms with Gasteiger partial charge in [0.25, 0.3) is 0 Å². The van der Waals surface area contributed by atoms with Crippen molar-refractivity contribution in [1.29, 1.82) is 0 Å². The molecule has 0 aliphatic rings. The Labute approximate surface area is 157 Å². The summed E-state index contributed by atoms with van der Waals surface area (Å²) in [6.07, 6.45) is 1.51. The molecule has 2 aromatic heterocycles. The molecule has 1 atom stereocenters. The minimum atomic E-state index is -1.20. The van der Waals surface area contributed by atoms with E-state index >= 15 is 0 Å². The van der Waals surface area contributed by atoms with Gasteiger partial charge in [-0.3, -0.25) is 4.98 Å². The smallest absolute Gasteiger partial charge is 0.235 e. The number of hydrogen-bond acceptors (Lipinski definition) is 5. The van der Waals surface area contributed by atoms with Crippen molar-refractivity contribution in [3.05, 3.63) is 66.7 Å². The molecule has 2 heterocycles. The Hall–Kier alpha value is -2.83. The van der Waals surface area contributed by atoms with Gasteiger partial charge in [-0.25, -0.2) is 9.37 Å². The minimum absolute atomic E-state index is 0.424. The van der Waals surface area contributed by atoms with E-state index in [1.165, 1.54) is 6.07 Å². The van der Waals surface area contributed by atoms with E-state index in [1.807, 2.05) is 51.1 Å². The predicted octanol–water partition coefficient (Wildman–Crippen LogP) is 4.45. The topological polar surface area (TPSA) is 67.3 Å². The van der Waals surface area contributed by atoms with Crippen molar-refractivity contribution in [3.8, 4) is 22.5 Å². The van der Waals surface area contributed by atoms with Crippen molar-refractivity contribution in [1.82, 2.24) is 9.97 Å². The van der Waals surface area contributed by atoms with Crippen molar-refractivity contribution >= 4 is 5.69 Å². The van der Waals surface area contributed by atoms with Crippen molar-refractivity contribution < 1.29 is 14.2 Å². The second kappa shape index (κ2) is 7.82. The van der Waals surface area contributed by atoms with Gasteiger partial charge < -0.3 is 15.2 Å². The number of aliphatic hydroxyl groups is 1.